The van der Waals surface area contributed by atoms with Crippen molar-refractivity contribution in [1.82, 2.24) is 4.90 Å². The normalized spacial score (nSPS) is 17.6. The second-order valence-corrected chi connectivity index (χ2v) is 4.14. The minimum absolute atomic E-state index is 0.108. The lowest BCUT2D eigenvalue weighted by molar-refractivity contribution is -0.128. The molecule has 0 radical (unpaired) electrons. The van der Waals surface area contributed by atoms with Crippen LogP contribution in [0.15, 0.2) is 0 Å². The highest BCUT2D eigenvalue weighted by molar-refractivity contribution is 8.13. The molecule has 80 valence electrons. The van der Waals surface area contributed by atoms with Gasteiger partial charge in [-0.2, -0.15) is 0 Å². The van der Waals surface area contributed by atoms with Gasteiger partial charge in [0.1, 0.15) is 0 Å². The van der Waals surface area contributed by atoms with Crippen molar-refractivity contribution in [3.63, 3.8) is 0 Å². The lowest BCUT2D eigenvalue weighted by atomic mass is 10.4. The molecule has 0 aromatic carbocycles. The summed E-state index contributed by atoms with van der Waals surface area (Å²) in [6.07, 6.45) is 0.436. The van der Waals surface area contributed by atoms with Crippen molar-refractivity contribution < 1.29 is 14.3 Å². The molecule has 0 aliphatic carbocycles. The number of rotatable bonds is 5. The maximum atomic E-state index is 11.3. The number of ether oxygens (including phenoxy) is 1. The molecule has 6 heteroatoms. The number of amides is 2. The van der Waals surface area contributed by atoms with Crippen molar-refractivity contribution in [2.75, 3.05) is 31.4 Å². The minimum Gasteiger partial charge on any atom is -0.378 e. The minimum atomic E-state index is -0.171. The van der Waals surface area contributed by atoms with Crippen LogP contribution in [-0.2, 0) is 9.53 Å². The van der Waals surface area contributed by atoms with E-state index in [0.29, 0.717) is 37.8 Å². The average molecular weight is 238 g/mol. The summed E-state index contributed by atoms with van der Waals surface area (Å²) in [5.41, 5.74) is 0. The number of nitrogens with zero attached hydrogens (tertiary/aromatic N) is 1. The van der Waals surface area contributed by atoms with Gasteiger partial charge in [0.2, 0.25) is 5.91 Å². The molecule has 1 heterocycles. The first-order valence-corrected chi connectivity index (χ1v) is 5.88. The van der Waals surface area contributed by atoms with Gasteiger partial charge >= 0.3 is 0 Å². The first-order chi connectivity index (χ1) is 6.75. The van der Waals surface area contributed by atoms with Gasteiger partial charge in [0, 0.05) is 18.1 Å². The molecule has 0 N–H and O–H groups in total. The molecule has 1 aliphatic rings. The second kappa shape index (κ2) is 6.27. The summed E-state index contributed by atoms with van der Waals surface area (Å²) in [6.45, 7) is 1.15. The Bertz CT molecular complexity index is 209. The van der Waals surface area contributed by atoms with E-state index in [1.807, 2.05) is 0 Å². The molecule has 0 spiro atoms. The predicted molar refractivity (Wildman–Crippen MR) is 55.7 cm³/mol. The summed E-state index contributed by atoms with van der Waals surface area (Å²) in [7, 11) is 0. The molecule has 0 aromatic heterocycles. The van der Waals surface area contributed by atoms with Crippen molar-refractivity contribution in [1.29, 1.82) is 0 Å². The quantitative estimate of drug-likeness (QED) is 0.535. The van der Waals surface area contributed by atoms with Crippen LogP contribution in [0.25, 0.3) is 0 Å². The molecular formula is C8H12ClNO3S. The predicted octanol–water partition coefficient (Wildman–Crippen LogP) is 1.33. The van der Waals surface area contributed by atoms with Crippen molar-refractivity contribution in [2.24, 2.45) is 0 Å². The standard InChI is InChI=1S/C8H12ClNO3S/c9-2-4-13-5-3-10-7(11)1-6-14-8(10)12/h1-6H2. The van der Waals surface area contributed by atoms with E-state index >= 15 is 0 Å². The van der Waals surface area contributed by atoms with E-state index in [1.54, 1.807) is 0 Å². The third kappa shape index (κ3) is 3.48. The Hall–Kier alpha value is -0.260. The van der Waals surface area contributed by atoms with Crippen LogP contribution in [0.4, 0.5) is 4.79 Å². The number of imide groups is 1. The summed E-state index contributed by atoms with van der Waals surface area (Å²) in [5, 5.41) is -0.171. The van der Waals surface area contributed by atoms with Crippen LogP contribution in [0.3, 0.4) is 0 Å². The fourth-order valence-electron chi connectivity index (χ4n) is 1.07. The third-order valence-electron chi connectivity index (χ3n) is 1.74. The first kappa shape index (κ1) is 11.8. The highest BCUT2D eigenvalue weighted by Gasteiger charge is 2.25. The molecule has 0 aromatic rings. The largest absolute Gasteiger partial charge is 0.378 e. The van der Waals surface area contributed by atoms with Gasteiger partial charge in [0.25, 0.3) is 5.24 Å². The van der Waals surface area contributed by atoms with Gasteiger partial charge in [0.15, 0.2) is 0 Å². The first-order valence-electron chi connectivity index (χ1n) is 4.36. The van der Waals surface area contributed by atoms with Crippen molar-refractivity contribution in [3.05, 3.63) is 0 Å². The second-order valence-electron chi connectivity index (χ2n) is 2.71. The van der Waals surface area contributed by atoms with Crippen molar-refractivity contribution in [2.45, 2.75) is 6.42 Å². The molecule has 2 amide bonds. The van der Waals surface area contributed by atoms with Crippen LogP contribution in [-0.4, -0.2) is 47.4 Å². The molecule has 1 rings (SSSR count). The van der Waals surface area contributed by atoms with Gasteiger partial charge in [-0.15, -0.1) is 11.6 Å². The summed E-state index contributed by atoms with van der Waals surface area (Å²) in [6, 6.07) is 0. The molecule has 4 nitrogen and oxygen atoms in total. The van der Waals surface area contributed by atoms with Crippen LogP contribution in [0.2, 0.25) is 0 Å². The monoisotopic (exact) mass is 237 g/mol. The van der Waals surface area contributed by atoms with E-state index in [1.165, 1.54) is 16.7 Å². The number of carbonyl (C=O) groups is 2. The maximum Gasteiger partial charge on any atom is 0.288 e. The lowest BCUT2D eigenvalue weighted by Crippen LogP contribution is -2.40. The number of alkyl halides is 1. The molecular weight excluding hydrogens is 226 g/mol. The van der Waals surface area contributed by atoms with Gasteiger partial charge in [-0.1, -0.05) is 11.8 Å². The zero-order valence-electron chi connectivity index (χ0n) is 7.70. The molecule has 1 fully saturated rings. The van der Waals surface area contributed by atoms with E-state index in [0.717, 1.165) is 0 Å². The Balaban J connectivity index is 2.26. The van der Waals surface area contributed by atoms with Gasteiger partial charge < -0.3 is 4.74 Å². The summed E-state index contributed by atoms with van der Waals surface area (Å²) in [5.74, 6) is 0.913. The van der Waals surface area contributed by atoms with Gasteiger partial charge in [-0.25, -0.2) is 0 Å². The van der Waals surface area contributed by atoms with E-state index in [-0.39, 0.29) is 11.1 Å². The van der Waals surface area contributed by atoms with Gasteiger partial charge in [-0.3, -0.25) is 14.5 Å². The Labute approximate surface area is 91.9 Å². The molecule has 1 aliphatic heterocycles. The molecule has 1 saturated heterocycles. The van der Waals surface area contributed by atoms with E-state index < -0.39 is 0 Å². The number of thioether (sulfide) groups is 1. The zero-order chi connectivity index (χ0) is 10.4. The van der Waals surface area contributed by atoms with Crippen molar-refractivity contribution in [3.8, 4) is 0 Å². The van der Waals surface area contributed by atoms with Crippen molar-refractivity contribution >= 4 is 34.5 Å². The van der Waals surface area contributed by atoms with Crippen LogP contribution in [0.5, 0.6) is 0 Å². The highest BCUT2D eigenvalue weighted by Crippen LogP contribution is 2.17. The number of halogens is 1. The summed E-state index contributed by atoms with van der Waals surface area (Å²) in [4.78, 5) is 23.8. The third-order valence-corrected chi connectivity index (χ3v) is 2.77. The number of hydrogen-bond donors (Lipinski definition) is 0. The molecule has 0 saturated carbocycles. The SMILES string of the molecule is O=C1CCSC(=O)N1CCOCCCl. The van der Waals surface area contributed by atoms with E-state index in [4.69, 9.17) is 16.3 Å². The van der Waals surface area contributed by atoms with Crippen LogP contribution in [0, 0.1) is 0 Å². The molecule has 0 atom stereocenters. The lowest BCUT2D eigenvalue weighted by Gasteiger charge is -2.23. The van der Waals surface area contributed by atoms with Crippen LogP contribution < -0.4 is 0 Å². The van der Waals surface area contributed by atoms with Gasteiger partial charge in [-0.05, 0) is 0 Å². The molecule has 14 heavy (non-hydrogen) atoms. The molecule has 0 bridgehead atoms. The number of hydrogen-bond acceptors (Lipinski definition) is 4. The van der Waals surface area contributed by atoms with E-state index in [2.05, 4.69) is 0 Å². The Morgan fingerprint density at radius 3 is 2.86 bits per heavy atom. The zero-order valence-corrected chi connectivity index (χ0v) is 9.27. The Morgan fingerprint density at radius 2 is 2.21 bits per heavy atom. The van der Waals surface area contributed by atoms with Crippen LogP contribution >= 0.6 is 23.4 Å². The maximum absolute atomic E-state index is 11.3. The fourth-order valence-corrected chi connectivity index (χ4v) is 1.98. The molecule has 0 unspecified atom stereocenters. The number of carbonyl (C=O) groups excluding carboxylic acids is 2. The van der Waals surface area contributed by atoms with Gasteiger partial charge in [0.05, 0.1) is 19.8 Å². The fraction of sp³-hybridized carbons (Fsp3) is 0.750. The van der Waals surface area contributed by atoms with E-state index in [9.17, 15) is 9.59 Å². The smallest absolute Gasteiger partial charge is 0.288 e. The summed E-state index contributed by atoms with van der Waals surface area (Å²) < 4.78 is 5.09. The average Bonchev–Trinajstić information content (AvgIpc) is 2.16. The highest BCUT2D eigenvalue weighted by atomic mass is 35.5. The summed E-state index contributed by atoms with van der Waals surface area (Å²) >= 11 is 6.58. The Kier molecular flexibility index (Phi) is 5.29. The topological polar surface area (TPSA) is 46.6 Å². The van der Waals surface area contributed by atoms with Crippen LogP contribution in [0.1, 0.15) is 6.42 Å². The Morgan fingerprint density at radius 1 is 1.43 bits per heavy atom.